The third-order valence-electron chi connectivity index (χ3n) is 3.10. The molecule has 2 aromatic rings. The summed E-state index contributed by atoms with van der Waals surface area (Å²) >= 11 is 1.61. The lowest BCUT2D eigenvalue weighted by Gasteiger charge is -2.08. The van der Waals surface area contributed by atoms with Crippen molar-refractivity contribution < 1.29 is 13.2 Å². The maximum Gasteiger partial charge on any atom is 0.252 e. The Hall–Kier alpha value is -1.73. The third kappa shape index (κ3) is 4.14. The van der Waals surface area contributed by atoms with E-state index in [1.807, 2.05) is 12.3 Å². The fourth-order valence-corrected chi connectivity index (χ4v) is 3.67. The summed E-state index contributed by atoms with van der Waals surface area (Å²) in [7, 11) is -3.43. The van der Waals surface area contributed by atoms with Crippen LogP contribution in [0.4, 0.5) is 0 Å². The number of rotatable bonds is 6. The number of thiazole rings is 1. The first-order valence-corrected chi connectivity index (χ1v) is 9.69. The molecule has 0 aliphatic carbocycles. The number of carbonyl (C=O) groups is 1. The van der Waals surface area contributed by atoms with Gasteiger partial charge in [-0.25, -0.2) is 13.4 Å². The van der Waals surface area contributed by atoms with Gasteiger partial charge < -0.3 is 5.32 Å². The van der Waals surface area contributed by atoms with Gasteiger partial charge in [0.2, 0.25) is 0 Å². The van der Waals surface area contributed by atoms with Gasteiger partial charge in [-0.1, -0.05) is 19.1 Å². The molecule has 0 spiro atoms. The summed E-state index contributed by atoms with van der Waals surface area (Å²) in [5.41, 5.74) is 1.12. The van der Waals surface area contributed by atoms with Crippen LogP contribution in [0.3, 0.4) is 0 Å². The zero-order valence-electron chi connectivity index (χ0n) is 12.5. The second-order valence-corrected chi connectivity index (χ2v) is 7.79. The Morgan fingerprint density at radius 2 is 2.05 bits per heavy atom. The Balaban J connectivity index is 2.01. The van der Waals surface area contributed by atoms with Crippen molar-refractivity contribution in [2.45, 2.75) is 24.7 Å². The molecule has 0 aliphatic rings. The van der Waals surface area contributed by atoms with E-state index in [1.165, 1.54) is 12.1 Å². The summed E-state index contributed by atoms with van der Waals surface area (Å²) < 4.78 is 23.4. The van der Waals surface area contributed by atoms with Crippen molar-refractivity contribution in [3.05, 3.63) is 45.9 Å². The molecule has 1 aromatic heterocycles. The smallest absolute Gasteiger partial charge is 0.252 e. The maximum atomic E-state index is 12.2. The molecule has 1 amide bonds. The number of carbonyl (C=O) groups excluding carboxylic acids is 1. The minimum Gasteiger partial charge on any atom is -0.352 e. The maximum absolute atomic E-state index is 12.2. The van der Waals surface area contributed by atoms with Gasteiger partial charge in [0, 0.05) is 24.6 Å². The van der Waals surface area contributed by atoms with Crippen LogP contribution < -0.4 is 5.32 Å². The van der Waals surface area contributed by atoms with Gasteiger partial charge >= 0.3 is 0 Å². The predicted octanol–water partition coefficient (Wildman–Crippen LogP) is 2.08. The molecule has 1 N–H and O–H groups in total. The van der Waals surface area contributed by atoms with Crippen LogP contribution >= 0.6 is 11.3 Å². The van der Waals surface area contributed by atoms with Crippen molar-refractivity contribution in [2.24, 2.45) is 0 Å². The number of sulfone groups is 1. The Kier molecular flexibility index (Phi) is 5.31. The number of amides is 1. The van der Waals surface area contributed by atoms with E-state index in [2.05, 4.69) is 10.3 Å². The van der Waals surface area contributed by atoms with E-state index >= 15 is 0 Å². The zero-order valence-corrected chi connectivity index (χ0v) is 14.1. The predicted molar refractivity (Wildman–Crippen MR) is 87.1 cm³/mol. The van der Waals surface area contributed by atoms with Gasteiger partial charge in [0.25, 0.3) is 5.91 Å². The lowest BCUT2D eigenvalue weighted by molar-refractivity contribution is 0.0951. The highest BCUT2D eigenvalue weighted by molar-refractivity contribution is 7.90. The molecule has 0 saturated heterocycles. The molecule has 5 nitrogen and oxygen atoms in total. The molecule has 0 atom stereocenters. The van der Waals surface area contributed by atoms with E-state index in [9.17, 15) is 13.2 Å². The topological polar surface area (TPSA) is 76.1 Å². The molecule has 0 bridgehead atoms. The second kappa shape index (κ2) is 7.02. The van der Waals surface area contributed by atoms with E-state index in [1.54, 1.807) is 23.5 Å². The summed E-state index contributed by atoms with van der Waals surface area (Å²) in [4.78, 5) is 16.6. The van der Waals surface area contributed by atoms with Crippen LogP contribution in [-0.2, 0) is 22.7 Å². The SMILES string of the molecule is CCc1nc(CCNC(=O)c2ccccc2S(C)(=O)=O)cs1. The van der Waals surface area contributed by atoms with Gasteiger partial charge in [0.1, 0.15) is 0 Å². The molecule has 0 radical (unpaired) electrons. The zero-order chi connectivity index (χ0) is 16.2. The van der Waals surface area contributed by atoms with Crippen molar-refractivity contribution in [2.75, 3.05) is 12.8 Å². The van der Waals surface area contributed by atoms with Crippen LogP contribution in [0.5, 0.6) is 0 Å². The number of aromatic nitrogens is 1. The largest absolute Gasteiger partial charge is 0.352 e. The number of benzene rings is 1. The lowest BCUT2D eigenvalue weighted by atomic mass is 10.2. The summed E-state index contributed by atoms with van der Waals surface area (Å²) in [6.45, 7) is 2.47. The molecular weight excluding hydrogens is 320 g/mol. The minimum atomic E-state index is -3.43. The van der Waals surface area contributed by atoms with E-state index in [4.69, 9.17) is 0 Å². The van der Waals surface area contributed by atoms with Crippen LogP contribution in [-0.4, -0.2) is 32.1 Å². The molecule has 0 unspecified atom stereocenters. The summed E-state index contributed by atoms with van der Waals surface area (Å²) in [6.07, 6.45) is 2.63. The first-order valence-electron chi connectivity index (χ1n) is 6.92. The third-order valence-corrected chi connectivity index (χ3v) is 5.30. The van der Waals surface area contributed by atoms with E-state index in [0.29, 0.717) is 13.0 Å². The monoisotopic (exact) mass is 338 g/mol. The van der Waals surface area contributed by atoms with Crippen LogP contribution in [0, 0.1) is 0 Å². The Labute approximate surface area is 134 Å². The van der Waals surface area contributed by atoms with Crippen LogP contribution in [0.1, 0.15) is 28.0 Å². The van der Waals surface area contributed by atoms with Gasteiger partial charge in [0.05, 0.1) is 21.2 Å². The van der Waals surface area contributed by atoms with E-state index in [0.717, 1.165) is 23.4 Å². The van der Waals surface area contributed by atoms with Crippen LogP contribution in [0.2, 0.25) is 0 Å². The van der Waals surface area contributed by atoms with Crippen molar-refractivity contribution in [3.63, 3.8) is 0 Å². The molecule has 118 valence electrons. The van der Waals surface area contributed by atoms with Gasteiger partial charge in [-0.05, 0) is 18.6 Å². The molecule has 0 saturated carbocycles. The molecule has 2 rings (SSSR count). The highest BCUT2D eigenvalue weighted by atomic mass is 32.2. The fourth-order valence-electron chi connectivity index (χ4n) is 2.00. The molecule has 0 fully saturated rings. The van der Waals surface area contributed by atoms with E-state index < -0.39 is 9.84 Å². The number of nitrogens with one attached hydrogen (secondary N) is 1. The standard InChI is InChI=1S/C15H18N2O3S2/c1-3-14-17-11(10-21-14)8-9-16-15(18)12-6-4-5-7-13(12)22(2,19)20/h4-7,10H,3,8-9H2,1-2H3,(H,16,18). The van der Waals surface area contributed by atoms with Crippen LogP contribution in [0.15, 0.2) is 34.5 Å². The molecular formula is C15H18N2O3S2. The number of hydrogen-bond donors (Lipinski definition) is 1. The average molecular weight is 338 g/mol. The summed E-state index contributed by atoms with van der Waals surface area (Å²) in [5, 5.41) is 5.80. The van der Waals surface area contributed by atoms with E-state index in [-0.39, 0.29) is 16.4 Å². The normalized spacial score (nSPS) is 11.4. The van der Waals surface area contributed by atoms with Gasteiger partial charge in [-0.15, -0.1) is 11.3 Å². The Bertz CT molecular complexity index is 767. The van der Waals surface area contributed by atoms with Gasteiger partial charge in [0.15, 0.2) is 9.84 Å². The quantitative estimate of drug-likeness (QED) is 0.875. The van der Waals surface area contributed by atoms with Crippen molar-refractivity contribution >= 4 is 27.1 Å². The second-order valence-electron chi connectivity index (χ2n) is 4.86. The fraction of sp³-hybridized carbons (Fsp3) is 0.333. The Morgan fingerprint density at radius 3 is 2.68 bits per heavy atom. The Morgan fingerprint density at radius 1 is 1.32 bits per heavy atom. The number of hydrogen-bond acceptors (Lipinski definition) is 5. The number of nitrogens with zero attached hydrogens (tertiary/aromatic N) is 1. The van der Waals surface area contributed by atoms with Gasteiger partial charge in [-0.2, -0.15) is 0 Å². The van der Waals surface area contributed by atoms with Crippen LogP contribution in [0.25, 0.3) is 0 Å². The lowest BCUT2D eigenvalue weighted by Crippen LogP contribution is -2.27. The minimum absolute atomic E-state index is 0.0504. The molecule has 0 aliphatic heterocycles. The average Bonchev–Trinajstić information content (AvgIpc) is 2.94. The molecule has 22 heavy (non-hydrogen) atoms. The summed E-state index contributed by atoms with van der Waals surface area (Å²) in [6, 6.07) is 6.22. The summed E-state index contributed by atoms with van der Waals surface area (Å²) in [5.74, 6) is -0.382. The molecule has 1 heterocycles. The first-order chi connectivity index (χ1) is 10.4. The highest BCUT2D eigenvalue weighted by Crippen LogP contribution is 2.15. The first kappa shape index (κ1) is 16.6. The number of aryl methyl sites for hydroxylation is 1. The van der Waals surface area contributed by atoms with Crippen molar-refractivity contribution in [1.82, 2.24) is 10.3 Å². The van der Waals surface area contributed by atoms with Crippen molar-refractivity contribution in [1.29, 1.82) is 0 Å². The highest BCUT2D eigenvalue weighted by Gasteiger charge is 2.17. The van der Waals surface area contributed by atoms with Gasteiger partial charge in [-0.3, -0.25) is 4.79 Å². The molecule has 1 aromatic carbocycles. The molecule has 7 heteroatoms. The van der Waals surface area contributed by atoms with Crippen molar-refractivity contribution in [3.8, 4) is 0 Å².